The number of imide groups is 2. The largest absolute Gasteiger partial charge is 0.497 e. The standard InChI is InChI=1S/C25H18ClFN2O4/c1-33-21-9-8-16(17(12-21)10-15-4-2-6-19(27)11-15)13-22-23(30)28-25(32)29(24(22)31)20-7-3-5-18(26)14-20/h2-9,11-14H,10H2,1H3,(H,28,30,32)/b22-13+. The molecule has 0 radical (unpaired) electrons. The fourth-order valence-corrected chi connectivity index (χ4v) is 3.72. The number of nitrogens with zero attached hydrogens (tertiary/aromatic N) is 1. The van der Waals surface area contributed by atoms with Crippen LogP contribution in [-0.4, -0.2) is 25.0 Å². The van der Waals surface area contributed by atoms with Crippen LogP contribution in [0.4, 0.5) is 14.9 Å². The molecule has 166 valence electrons. The molecule has 0 unspecified atom stereocenters. The minimum atomic E-state index is -0.862. The van der Waals surface area contributed by atoms with Crippen LogP contribution in [0.25, 0.3) is 6.08 Å². The Kier molecular flexibility index (Phi) is 6.24. The van der Waals surface area contributed by atoms with Gasteiger partial charge in [0, 0.05) is 5.02 Å². The van der Waals surface area contributed by atoms with Crippen LogP contribution in [0.2, 0.25) is 5.02 Å². The maximum absolute atomic E-state index is 13.7. The first-order valence-corrected chi connectivity index (χ1v) is 10.3. The molecule has 1 N–H and O–H groups in total. The summed E-state index contributed by atoms with van der Waals surface area (Å²) in [6.45, 7) is 0. The highest BCUT2D eigenvalue weighted by Gasteiger charge is 2.37. The Morgan fingerprint density at radius 2 is 1.82 bits per heavy atom. The number of rotatable bonds is 5. The maximum Gasteiger partial charge on any atom is 0.335 e. The molecule has 0 aliphatic carbocycles. The van der Waals surface area contributed by atoms with E-state index in [4.69, 9.17) is 16.3 Å². The lowest BCUT2D eigenvalue weighted by molar-refractivity contribution is -0.122. The summed E-state index contributed by atoms with van der Waals surface area (Å²) >= 11 is 6.00. The van der Waals surface area contributed by atoms with Gasteiger partial charge in [0.15, 0.2) is 0 Å². The van der Waals surface area contributed by atoms with Crippen molar-refractivity contribution < 1.29 is 23.5 Å². The fraction of sp³-hybridized carbons (Fsp3) is 0.0800. The molecule has 0 atom stereocenters. The summed E-state index contributed by atoms with van der Waals surface area (Å²) in [6.07, 6.45) is 1.75. The molecule has 1 fully saturated rings. The van der Waals surface area contributed by atoms with Crippen molar-refractivity contribution in [2.45, 2.75) is 6.42 Å². The van der Waals surface area contributed by atoms with Gasteiger partial charge in [-0.1, -0.05) is 35.9 Å². The van der Waals surface area contributed by atoms with Crippen molar-refractivity contribution in [1.29, 1.82) is 0 Å². The molecule has 6 nitrogen and oxygen atoms in total. The van der Waals surface area contributed by atoms with Crippen molar-refractivity contribution in [3.8, 4) is 5.75 Å². The topological polar surface area (TPSA) is 75.7 Å². The predicted octanol–water partition coefficient (Wildman–Crippen LogP) is 4.74. The number of hydrogen-bond donors (Lipinski definition) is 1. The van der Waals surface area contributed by atoms with Gasteiger partial charge in [0.1, 0.15) is 17.1 Å². The highest BCUT2D eigenvalue weighted by molar-refractivity contribution is 6.39. The smallest absolute Gasteiger partial charge is 0.335 e. The predicted molar refractivity (Wildman–Crippen MR) is 123 cm³/mol. The molecule has 1 aliphatic heterocycles. The summed E-state index contributed by atoms with van der Waals surface area (Å²) in [4.78, 5) is 39.0. The van der Waals surface area contributed by atoms with Crippen LogP contribution in [0.15, 0.2) is 72.3 Å². The van der Waals surface area contributed by atoms with Gasteiger partial charge in [-0.05, 0) is 71.7 Å². The zero-order valence-corrected chi connectivity index (χ0v) is 18.2. The first kappa shape index (κ1) is 22.2. The number of nitrogens with one attached hydrogen (secondary N) is 1. The van der Waals surface area contributed by atoms with Gasteiger partial charge < -0.3 is 4.74 Å². The van der Waals surface area contributed by atoms with Gasteiger partial charge in [-0.25, -0.2) is 14.1 Å². The summed E-state index contributed by atoms with van der Waals surface area (Å²) in [6, 6.07) is 16.6. The van der Waals surface area contributed by atoms with Gasteiger partial charge in [0.05, 0.1) is 12.8 Å². The summed E-state index contributed by atoms with van der Waals surface area (Å²) in [5.74, 6) is -1.39. The van der Waals surface area contributed by atoms with E-state index in [-0.39, 0.29) is 17.1 Å². The molecule has 1 saturated heterocycles. The Labute approximate surface area is 194 Å². The number of barbiturate groups is 1. The molecule has 4 rings (SSSR count). The Morgan fingerprint density at radius 1 is 1.03 bits per heavy atom. The number of carbonyl (C=O) groups is 3. The lowest BCUT2D eigenvalue weighted by atomic mass is 9.97. The molecule has 0 saturated carbocycles. The van der Waals surface area contributed by atoms with E-state index in [1.807, 2.05) is 0 Å². The normalized spacial score (nSPS) is 15.1. The molecule has 3 aromatic carbocycles. The van der Waals surface area contributed by atoms with Crippen molar-refractivity contribution >= 4 is 41.2 Å². The third-order valence-electron chi connectivity index (χ3n) is 5.10. The zero-order valence-electron chi connectivity index (χ0n) is 17.5. The lowest BCUT2D eigenvalue weighted by Gasteiger charge is -2.26. The number of carbonyl (C=O) groups excluding carboxylic acids is 3. The number of hydrogen-bond acceptors (Lipinski definition) is 4. The van der Waals surface area contributed by atoms with Crippen molar-refractivity contribution in [1.82, 2.24) is 5.32 Å². The molecule has 1 aliphatic rings. The Hall–Kier alpha value is -3.97. The van der Waals surface area contributed by atoms with Crippen LogP contribution in [0.1, 0.15) is 16.7 Å². The highest BCUT2D eigenvalue weighted by Crippen LogP contribution is 2.27. The van der Waals surface area contributed by atoms with E-state index < -0.39 is 17.8 Å². The third kappa shape index (κ3) is 4.78. The molecule has 0 spiro atoms. The third-order valence-corrected chi connectivity index (χ3v) is 5.34. The number of methoxy groups -OCH3 is 1. The average Bonchev–Trinajstić information content (AvgIpc) is 2.77. The van der Waals surface area contributed by atoms with Crippen molar-refractivity contribution in [2.24, 2.45) is 0 Å². The molecule has 1 heterocycles. The number of ether oxygens (including phenoxy) is 1. The number of benzene rings is 3. The molecule has 4 amide bonds. The van der Waals surface area contributed by atoms with Crippen LogP contribution < -0.4 is 15.0 Å². The molecule has 0 bridgehead atoms. The molecular formula is C25H18ClFN2O4. The summed E-state index contributed by atoms with van der Waals surface area (Å²) < 4.78 is 19.0. The summed E-state index contributed by atoms with van der Waals surface area (Å²) in [5, 5.41) is 2.53. The van der Waals surface area contributed by atoms with E-state index in [2.05, 4.69) is 5.32 Å². The van der Waals surface area contributed by atoms with E-state index in [1.54, 1.807) is 48.5 Å². The summed E-state index contributed by atoms with van der Waals surface area (Å²) in [7, 11) is 1.52. The molecule has 8 heteroatoms. The van der Waals surface area contributed by atoms with Crippen molar-refractivity contribution in [3.63, 3.8) is 0 Å². The monoisotopic (exact) mass is 464 g/mol. The number of anilines is 1. The van der Waals surface area contributed by atoms with Crippen LogP contribution >= 0.6 is 11.6 Å². The molecule has 0 aromatic heterocycles. The minimum absolute atomic E-state index is 0.222. The van der Waals surface area contributed by atoms with Gasteiger partial charge in [0.25, 0.3) is 11.8 Å². The highest BCUT2D eigenvalue weighted by atomic mass is 35.5. The Morgan fingerprint density at radius 3 is 2.55 bits per heavy atom. The van der Waals surface area contributed by atoms with Gasteiger partial charge in [0.2, 0.25) is 0 Å². The second-order valence-electron chi connectivity index (χ2n) is 7.31. The average molecular weight is 465 g/mol. The van der Waals surface area contributed by atoms with Crippen molar-refractivity contribution in [2.75, 3.05) is 12.0 Å². The number of urea groups is 1. The van der Waals surface area contributed by atoms with Crippen LogP contribution in [0.3, 0.4) is 0 Å². The van der Waals surface area contributed by atoms with E-state index in [9.17, 15) is 18.8 Å². The SMILES string of the molecule is COc1ccc(/C=C2\C(=O)NC(=O)N(c3cccc(Cl)c3)C2=O)c(Cc2cccc(F)c2)c1. The van der Waals surface area contributed by atoms with E-state index >= 15 is 0 Å². The van der Waals surface area contributed by atoms with E-state index in [1.165, 1.54) is 31.4 Å². The first-order valence-electron chi connectivity index (χ1n) is 9.94. The first-order chi connectivity index (χ1) is 15.9. The van der Waals surface area contributed by atoms with E-state index in [0.717, 1.165) is 4.90 Å². The second-order valence-corrected chi connectivity index (χ2v) is 7.75. The molecular weight excluding hydrogens is 447 g/mol. The van der Waals surface area contributed by atoms with E-state index in [0.29, 0.717) is 33.9 Å². The molecule has 3 aromatic rings. The summed E-state index contributed by atoms with van der Waals surface area (Å²) in [5.41, 5.74) is 1.98. The fourth-order valence-electron chi connectivity index (χ4n) is 3.53. The lowest BCUT2D eigenvalue weighted by Crippen LogP contribution is -2.54. The van der Waals surface area contributed by atoms with Crippen LogP contribution in [-0.2, 0) is 16.0 Å². The molecule has 33 heavy (non-hydrogen) atoms. The van der Waals surface area contributed by atoms with Gasteiger partial charge in [-0.2, -0.15) is 0 Å². The number of amides is 4. The van der Waals surface area contributed by atoms with Gasteiger partial charge in [-0.15, -0.1) is 0 Å². The van der Waals surface area contributed by atoms with Crippen LogP contribution in [0, 0.1) is 5.82 Å². The Balaban J connectivity index is 1.76. The van der Waals surface area contributed by atoms with Crippen LogP contribution in [0.5, 0.6) is 5.75 Å². The zero-order chi connectivity index (χ0) is 23.5. The quantitative estimate of drug-likeness (QED) is 0.437. The second kappa shape index (κ2) is 9.26. The minimum Gasteiger partial charge on any atom is -0.497 e. The Bertz CT molecular complexity index is 1310. The van der Waals surface area contributed by atoms with Gasteiger partial charge in [-0.3, -0.25) is 14.9 Å². The van der Waals surface area contributed by atoms with Gasteiger partial charge >= 0.3 is 6.03 Å². The number of halogens is 2. The maximum atomic E-state index is 13.7. The van der Waals surface area contributed by atoms with Crippen molar-refractivity contribution in [3.05, 3.63) is 99.8 Å².